The van der Waals surface area contributed by atoms with Gasteiger partial charge in [-0.05, 0) is 52.4 Å². The van der Waals surface area contributed by atoms with E-state index in [2.05, 4.69) is 5.32 Å². The molecule has 4 rings (SSSR count). The van der Waals surface area contributed by atoms with Gasteiger partial charge in [-0.3, -0.25) is 4.79 Å². The molecular formula is C27H24FN2O2Y-. The Labute approximate surface area is 218 Å². The van der Waals surface area contributed by atoms with E-state index < -0.39 is 0 Å². The van der Waals surface area contributed by atoms with Gasteiger partial charge in [-0.25, -0.2) is 4.39 Å². The van der Waals surface area contributed by atoms with Crippen LogP contribution in [0.25, 0.3) is 22.4 Å². The minimum Gasteiger partial charge on any atom is -0.659 e. The fourth-order valence-electron chi connectivity index (χ4n) is 3.72. The molecule has 0 bridgehead atoms. The van der Waals surface area contributed by atoms with Crippen LogP contribution in [0.15, 0.2) is 78.9 Å². The molecule has 0 aliphatic heterocycles. The van der Waals surface area contributed by atoms with Gasteiger partial charge in [-0.2, -0.15) is 0 Å². The molecule has 1 amide bonds. The van der Waals surface area contributed by atoms with E-state index in [1.165, 1.54) is 12.1 Å². The molecule has 1 heterocycles. The molecule has 6 heteroatoms. The van der Waals surface area contributed by atoms with Crippen molar-refractivity contribution in [3.63, 3.8) is 0 Å². The number of halogens is 1. The van der Waals surface area contributed by atoms with Gasteiger partial charge in [0.15, 0.2) is 0 Å². The van der Waals surface area contributed by atoms with Gasteiger partial charge >= 0.3 is 0 Å². The SMILES string of the molecule is CC(C)c1[n-]c(-c2ccc(F)cc2)c(-c2ccccc2)c1C(=O)Nc1ccc(CO)cc1.[Y]. The fourth-order valence-corrected chi connectivity index (χ4v) is 3.72. The van der Waals surface area contributed by atoms with E-state index in [1.807, 2.05) is 44.2 Å². The maximum Gasteiger partial charge on any atom is 0.254 e. The van der Waals surface area contributed by atoms with E-state index in [1.54, 1.807) is 36.4 Å². The number of amides is 1. The molecule has 2 N–H and O–H groups in total. The largest absolute Gasteiger partial charge is 0.659 e. The second kappa shape index (κ2) is 11.0. The average molecular weight is 516 g/mol. The van der Waals surface area contributed by atoms with Gasteiger partial charge in [0.25, 0.3) is 5.91 Å². The molecule has 0 aliphatic carbocycles. The Kier molecular flexibility index (Phi) is 8.36. The van der Waals surface area contributed by atoms with Crippen LogP contribution in [0.1, 0.15) is 41.4 Å². The zero-order valence-electron chi connectivity index (χ0n) is 18.5. The number of aliphatic hydroxyl groups excluding tert-OH is 1. The van der Waals surface area contributed by atoms with Gasteiger partial charge in [-0.15, -0.1) is 11.4 Å². The normalized spacial score (nSPS) is 10.7. The summed E-state index contributed by atoms with van der Waals surface area (Å²) in [6.07, 6.45) is 0. The topological polar surface area (TPSA) is 63.4 Å². The van der Waals surface area contributed by atoms with Crippen LogP contribution < -0.4 is 10.3 Å². The number of benzene rings is 3. The molecule has 1 aromatic heterocycles. The van der Waals surface area contributed by atoms with E-state index in [0.717, 1.165) is 22.3 Å². The monoisotopic (exact) mass is 516 g/mol. The van der Waals surface area contributed by atoms with Crippen LogP contribution in [0, 0.1) is 5.82 Å². The molecule has 0 atom stereocenters. The number of hydrogen-bond acceptors (Lipinski definition) is 2. The summed E-state index contributed by atoms with van der Waals surface area (Å²) < 4.78 is 13.6. The second-order valence-corrected chi connectivity index (χ2v) is 7.93. The van der Waals surface area contributed by atoms with E-state index in [0.29, 0.717) is 22.6 Å². The van der Waals surface area contributed by atoms with E-state index in [4.69, 9.17) is 4.98 Å². The summed E-state index contributed by atoms with van der Waals surface area (Å²) in [5.41, 5.74) is 5.59. The van der Waals surface area contributed by atoms with Crippen LogP contribution in [-0.2, 0) is 39.3 Å². The molecule has 4 aromatic rings. The van der Waals surface area contributed by atoms with Crippen molar-refractivity contribution in [2.45, 2.75) is 26.4 Å². The van der Waals surface area contributed by atoms with Gasteiger partial charge in [0.05, 0.1) is 6.61 Å². The smallest absolute Gasteiger partial charge is 0.254 e. The number of carbonyl (C=O) groups is 1. The van der Waals surface area contributed by atoms with Crippen LogP contribution >= 0.6 is 0 Å². The van der Waals surface area contributed by atoms with Crippen molar-refractivity contribution in [1.29, 1.82) is 0 Å². The molecule has 0 spiro atoms. The number of aliphatic hydroxyl groups is 1. The first-order valence-corrected chi connectivity index (χ1v) is 10.5. The van der Waals surface area contributed by atoms with Crippen molar-refractivity contribution in [2.24, 2.45) is 0 Å². The Bertz CT molecular complexity index is 1220. The average Bonchev–Trinajstić information content (AvgIpc) is 3.22. The number of nitrogens with zero attached hydrogens (tertiary/aromatic N) is 1. The summed E-state index contributed by atoms with van der Waals surface area (Å²) in [5.74, 6) is -0.579. The van der Waals surface area contributed by atoms with Crippen LogP contribution in [0.3, 0.4) is 0 Å². The van der Waals surface area contributed by atoms with Crippen molar-refractivity contribution >= 4 is 11.6 Å². The van der Waals surface area contributed by atoms with Crippen LogP contribution in [-0.4, -0.2) is 11.0 Å². The van der Waals surface area contributed by atoms with Crippen LogP contribution in [0.5, 0.6) is 0 Å². The van der Waals surface area contributed by atoms with Crippen molar-refractivity contribution in [2.75, 3.05) is 5.32 Å². The number of carbonyl (C=O) groups excluding carboxylic acids is 1. The summed E-state index contributed by atoms with van der Waals surface area (Å²) in [4.78, 5) is 18.4. The summed E-state index contributed by atoms with van der Waals surface area (Å²) in [5, 5.41) is 12.2. The molecular weight excluding hydrogens is 492 g/mol. The first-order chi connectivity index (χ1) is 15.5. The number of rotatable bonds is 6. The predicted molar refractivity (Wildman–Crippen MR) is 125 cm³/mol. The minimum atomic E-state index is -0.324. The molecule has 0 saturated carbocycles. The van der Waals surface area contributed by atoms with Crippen molar-refractivity contribution in [3.05, 3.63) is 102 Å². The maximum atomic E-state index is 13.6. The third-order valence-corrected chi connectivity index (χ3v) is 5.32. The Hall–Kier alpha value is -2.60. The number of aromatic nitrogens is 1. The van der Waals surface area contributed by atoms with Crippen LogP contribution in [0.2, 0.25) is 0 Å². The van der Waals surface area contributed by atoms with Gasteiger partial charge in [0.2, 0.25) is 0 Å². The summed E-state index contributed by atoms with van der Waals surface area (Å²) in [6, 6.07) is 22.9. The first-order valence-electron chi connectivity index (χ1n) is 10.5. The van der Waals surface area contributed by atoms with Gasteiger partial charge < -0.3 is 15.4 Å². The Morgan fingerprint density at radius 2 is 1.58 bits per heavy atom. The predicted octanol–water partition coefficient (Wildman–Crippen LogP) is 5.98. The third-order valence-electron chi connectivity index (χ3n) is 5.32. The number of hydrogen-bond donors (Lipinski definition) is 2. The van der Waals surface area contributed by atoms with Crippen molar-refractivity contribution in [3.8, 4) is 22.4 Å². The van der Waals surface area contributed by atoms with Gasteiger partial charge in [0, 0.05) is 44.0 Å². The zero-order valence-corrected chi connectivity index (χ0v) is 21.4. The van der Waals surface area contributed by atoms with E-state index in [-0.39, 0.29) is 57.0 Å². The summed E-state index contributed by atoms with van der Waals surface area (Å²) in [6.45, 7) is 3.94. The quantitative estimate of drug-likeness (QED) is 0.331. The first kappa shape index (κ1) is 25.0. The molecule has 1 radical (unpaired) electrons. The van der Waals surface area contributed by atoms with Crippen molar-refractivity contribution in [1.82, 2.24) is 4.98 Å². The summed E-state index contributed by atoms with van der Waals surface area (Å²) in [7, 11) is 0. The zero-order chi connectivity index (χ0) is 22.7. The molecule has 165 valence electrons. The Balaban J connectivity index is 0.00000306. The number of anilines is 1. The molecule has 4 nitrogen and oxygen atoms in total. The van der Waals surface area contributed by atoms with Crippen LogP contribution in [0.4, 0.5) is 10.1 Å². The Morgan fingerprint density at radius 1 is 0.939 bits per heavy atom. The maximum absolute atomic E-state index is 13.6. The standard InChI is InChI=1S/C27H25FN2O2.Y/c1-17(2)25-24(27(32)29-22-14-8-18(16-31)9-15-22)23(19-6-4-3-5-7-19)26(30-25)20-10-12-21(28)13-11-20;/h3-15,17,31H,16H2,1-2H3,(H2,29,30,32);/p-1. The molecule has 3 aromatic carbocycles. The minimum absolute atomic E-state index is 0. The summed E-state index contributed by atoms with van der Waals surface area (Å²) >= 11 is 0. The molecule has 0 unspecified atom stereocenters. The van der Waals surface area contributed by atoms with Crippen molar-refractivity contribution < 1.29 is 47.0 Å². The van der Waals surface area contributed by atoms with E-state index >= 15 is 0 Å². The molecule has 0 saturated heterocycles. The van der Waals surface area contributed by atoms with Gasteiger partial charge in [-0.1, -0.05) is 68.4 Å². The third kappa shape index (κ3) is 5.49. The van der Waals surface area contributed by atoms with E-state index in [9.17, 15) is 14.3 Å². The molecule has 0 aliphatic rings. The fraction of sp³-hybridized carbons (Fsp3) is 0.148. The van der Waals surface area contributed by atoms with Gasteiger partial charge in [0.1, 0.15) is 5.82 Å². The molecule has 0 fully saturated rings. The number of nitrogens with one attached hydrogen (secondary N) is 1. The second-order valence-electron chi connectivity index (χ2n) is 7.93. The Morgan fingerprint density at radius 3 is 2.15 bits per heavy atom. The molecule has 33 heavy (non-hydrogen) atoms.